The molecule has 0 saturated carbocycles. The predicted octanol–water partition coefficient (Wildman–Crippen LogP) is 5.01. The molecule has 0 fully saturated rings. The minimum atomic E-state index is -3.03. The number of hydrogen-bond acceptors (Lipinski definition) is 6. The monoisotopic (exact) mass is 498 g/mol. The predicted molar refractivity (Wildman–Crippen MR) is 127 cm³/mol. The third-order valence-electron chi connectivity index (χ3n) is 5.42. The SMILES string of the molecule is CCC1OC(=O)N(Cc2ccc(NC(=O)c3ccc[nH]3)cc2)N=C1c1ccc(OC)c(OC(F)F)c1. The Balaban J connectivity index is 1.54. The van der Waals surface area contributed by atoms with Gasteiger partial charge in [-0.15, -0.1) is 0 Å². The van der Waals surface area contributed by atoms with E-state index in [0.29, 0.717) is 29.1 Å². The Bertz CT molecular complexity index is 1250. The van der Waals surface area contributed by atoms with E-state index in [1.807, 2.05) is 6.92 Å². The van der Waals surface area contributed by atoms with Crippen molar-refractivity contribution in [1.82, 2.24) is 9.99 Å². The molecule has 0 radical (unpaired) electrons. The molecule has 1 unspecified atom stereocenters. The topological polar surface area (TPSA) is 105 Å². The van der Waals surface area contributed by atoms with Crippen LogP contribution < -0.4 is 14.8 Å². The second-order valence-electron chi connectivity index (χ2n) is 7.80. The van der Waals surface area contributed by atoms with E-state index in [9.17, 15) is 18.4 Å². The fourth-order valence-corrected chi connectivity index (χ4v) is 3.65. The Morgan fingerprint density at radius 1 is 1.19 bits per heavy atom. The maximum atomic E-state index is 12.9. The van der Waals surface area contributed by atoms with Gasteiger partial charge in [-0.3, -0.25) is 4.79 Å². The minimum Gasteiger partial charge on any atom is -0.493 e. The fourth-order valence-electron chi connectivity index (χ4n) is 3.65. The number of amides is 2. The van der Waals surface area contributed by atoms with Crippen molar-refractivity contribution in [2.45, 2.75) is 32.6 Å². The zero-order valence-corrected chi connectivity index (χ0v) is 19.5. The van der Waals surface area contributed by atoms with Gasteiger partial charge in [-0.25, -0.2) is 4.79 Å². The highest BCUT2D eigenvalue weighted by Gasteiger charge is 2.31. The van der Waals surface area contributed by atoms with Crippen LogP contribution in [0.5, 0.6) is 11.5 Å². The highest BCUT2D eigenvalue weighted by atomic mass is 19.3. The molecule has 2 N–H and O–H groups in total. The van der Waals surface area contributed by atoms with Gasteiger partial charge in [0.1, 0.15) is 17.5 Å². The number of cyclic esters (lactones) is 1. The molecule has 0 aliphatic carbocycles. The molecule has 0 saturated heterocycles. The summed E-state index contributed by atoms with van der Waals surface area (Å²) < 4.78 is 41.0. The van der Waals surface area contributed by atoms with Crippen molar-refractivity contribution < 1.29 is 32.6 Å². The van der Waals surface area contributed by atoms with Crippen LogP contribution in [0.15, 0.2) is 65.9 Å². The number of nitrogens with zero attached hydrogens (tertiary/aromatic N) is 2. The van der Waals surface area contributed by atoms with Crippen molar-refractivity contribution >= 4 is 23.4 Å². The number of aromatic nitrogens is 1. The lowest BCUT2D eigenvalue weighted by atomic mass is 10.0. The molecule has 9 nitrogen and oxygen atoms in total. The minimum absolute atomic E-state index is 0.0974. The van der Waals surface area contributed by atoms with Gasteiger partial charge in [0.2, 0.25) is 0 Å². The van der Waals surface area contributed by atoms with Gasteiger partial charge >= 0.3 is 12.7 Å². The molecule has 1 aromatic heterocycles. The van der Waals surface area contributed by atoms with Crippen molar-refractivity contribution in [1.29, 1.82) is 0 Å². The molecule has 3 aromatic rings. The molecule has 1 aliphatic rings. The highest BCUT2D eigenvalue weighted by molar-refractivity contribution is 6.06. The van der Waals surface area contributed by atoms with Gasteiger partial charge in [0.15, 0.2) is 11.5 Å². The van der Waals surface area contributed by atoms with Crippen molar-refractivity contribution in [2.75, 3.05) is 12.4 Å². The Labute approximate surface area is 205 Å². The van der Waals surface area contributed by atoms with E-state index in [1.165, 1.54) is 19.2 Å². The van der Waals surface area contributed by atoms with Crippen LogP contribution in [-0.4, -0.2) is 47.5 Å². The van der Waals surface area contributed by atoms with E-state index >= 15 is 0 Å². The Morgan fingerprint density at radius 3 is 2.61 bits per heavy atom. The molecular formula is C25H24F2N4O5. The van der Waals surface area contributed by atoms with Crippen LogP contribution in [0.4, 0.5) is 19.3 Å². The van der Waals surface area contributed by atoms with E-state index < -0.39 is 18.8 Å². The second-order valence-corrected chi connectivity index (χ2v) is 7.80. The summed E-state index contributed by atoms with van der Waals surface area (Å²) in [6, 6.07) is 14.8. The normalized spacial score (nSPS) is 15.4. The number of methoxy groups -OCH3 is 1. The quantitative estimate of drug-likeness (QED) is 0.431. The molecule has 1 aliphatic heterocycles. The van der Waals surface area contributed by atoms with Crippen LogP contribution in [-0.2, 0) is 11.3 Å². The summed E-state index contributed by atoms with van der Waals surface area (Å²) in [5.41, 5.74) is 2.61. The van der Waals surface area contributed by atoms with Gasteiger partial charge in [0, 0.05) is 17.4 Å². The zero-order valence-electron chi connectivity index (χ0n) is 19.5. The number of halogens is 2. The van der Waals surface area contributed by atoms with Gasteiger partial charge in [-0.2, -0.15) is 18.9 Å². The Kier molecular flexibility index (Phi) is 7.47. The fraction of sp³-hybridized carbons (Fsp3) is 0.240. The molecule has 188 valence electrons. The van der Waals surface area contributed by atoms with Crippen molar-refractivity contribution in [3.8, 4) is 11.5 Å². The first-order chi connectivity index (χ1) is 17.4. The van der Waals surface area contributed by atoms with Crippen LogP contribution in [0.1, 0.15) is 35.0 Å². The summed E-state index contributed by atoms with van der Waals surface area (Å²) in [4.78, 5) is 27.6. The lowest BCUT2D eigenvalue weighted by Gasteiger charge is -2.29. The zero-order chi connectivity index (χ0) is 25.7. The molecule has 11 heteroatoms. The first kappa shape index (κ1) is 24.7. The number of anilines is 1. The van der Waals surface area contributed by atoms with Crippen molar-refractivity contribution in [3.05, 3.63) is 77.6 Å². The lowest BCUT2D eigenvalue weighted by Crippen LogP contribution is -2.41. The number of nitrogens with one attached hydrogen (secondary N) is 2. The lowest BCUT2D eigenvalue weighted by molar-refractivity contribution is -0.0512. The summed E-state index contributed by atoms with van der Waals surface area (Å²) in [6.45, 7) is -1.11. The summed E-state index contributed by atoms with van der Waals surface area (Å²) in [5, 5.41) is 8.41. The largest absolute Gasteiger partial charge is 0.493 e. The van der Waals surface area contributed by atoms with Crippen molar-refractivity contribution in [2.24, 2.45) is 5.10 Å². The number of H-pyrrole nitrogens is 1. The number of ether oxygens (including phenoxy) is 3. The number of hydrazone groups is 1. The third kappa shape index (κ3) is 5.62. The van der Waals surface area contributed by atoms with Crippen LogP contribution in [0, 0.1) is 0 Å². The van der Waals surface area contributed by atoms with Gasteiger partial charge in [-0.1, -0.05) is 19.1 Å². The van der Waals surface area contributed by atoms with Crippen LogP contribution in [0.25, 0.3) is 0 Å². The summed E-state index contributed by atoms with van der Waals surface area (Å²) in [5.74, 6) is -0.286. The van der Waals surface area contributed by atoms with Crippen LogP contribution >= 0.6 is 0 Å². The van der Waals surface area contributed by atoms with E-state index in [1.54, 1.807) is 48.7 Å². The molecule has 2 amide bonds. The maximum absolute atomic E-state index is 12.9. The number of rotatable bonds is 9. The van der Waals surface area contributed by atoms with Gasteiger partial charge in [-0.05, 0) is 54.4 Å². The molecule has 0 spiro atoms. The van der Waals surface area contributed by atoms with Crippen LogP contribution in [0.3, 0.4) is 0 Å². The van der Waals surface area contributed by atoms with Gasteiger partial charge in [0.25, 0.3) is 5.91 Å². The first-order valence-electron chi connectivity index (χ1n) is 11.1. The molecule has 4 rings (SSSR count). The smallest absolute Gasteiger partial charge is 0.431 e. The molecule has 36 heavy (non-hydrogen) atoms. The Morgan fingerprint density at radius 2 is 1.97 bits per heavy atom. The molecule has 2 heterocycles. The number of aromatic amines is 1. The van der Waals surface area contributed by atoms with E-state index in [2.05, 4.69) is 20.1 Å². The average Bonchev–Trinajstić information content (AvgIpc) is 3.41. The number of alkyl halides is 2. The standard InChI is InChI=1S/C25H24F2N4O5/c1-3-19-22(16-8-11-20(34-2)21(13-16)35-24(26)27)30-31(25(33)36-19)14-15-6-9-17(10-7-15)29-23(32)18-5-4-12-28-18/h4-13,19,24,28H,3,14H2,1-2H3,(H,29,32). The molecule has 0 bridgehead atoms. The number of hydrogen-bond donors (Lipinski definition) is 2. The van der Waals surface area contributed by atoms with Gasteiger partial charge < -0.3 is 24.5 Å². The summed E-state index contributed by atoms with van der Waals surface area (Å²) in [7, 11) is 1.35. The summed E-state index contributed by atoms with van der Waals surface area (Å²) >= 11 is 0. The maximum Gasteiger partial charge on any atom is 0.431 e. The van der Waals surface area contributed by atoms with E-state index in [4.69, 9.17) is 9.47 Å². The third-order valence-corrected chi connectivity index (χ3v) is 5.42. The molecule has 2 aromatic carbocycles. The first-order valence-corrected chi connectivity index (χ1v) is 11.1. The van der Waals surface area contributed by atoms with Gasteiger partial charge in [0.05, 0.1) is 13.7 Å². The average molecular weight is 498 g/mol. The number of carbonyl (C=O) groups is 2. The highest BCUT2D eigenvalue weighted by Crippen LogP contribution is 2.31. The number of carbonyl (C=O) groups excluding carboxylic acids is 2. The Hall–Kier alpha value is -4.41. The van der Waals surface area contributed by atoms with E-state index in [0.717, 1.165) is 10.6 Å². The number of benzene rings is 2. The van der Waals surface area contributed by atoms with Crippen molar-refractivity contribution in [3.63, 3.8) is 0 Å². The second kappa shape index (κ2) is 10.9. The van der Waals surface area contributed by atoms with Crippen LogP contribution in [0.2, 0.25) is 0 Å². The molecule has 1 atom stereocenters. The molecular weight excluding hydrogens is 474 g/mol. The van der Waals surface area contributed by atoms with E-state index in [-0.39, 0.29) is 24.0 Å². The summed E-state index contributed by atoms with van der Waals surface area (Å²) in [6.07, 6.45) is 0.802.